The van der Waals surface area contributed by atoms with E-state index in [0.717, 1.165) is 5.56 Å². The summed E-state index contributed by atoms with van der Waals surface area (Å²) in [5, 5.41) is 10.4. The highest BCUT2D eigenvalue weighted by Gasteiger charge is 2.17. The molecule has 4 nitrogen and oxygen atoms in total. The number of carbonyl (C=O) groups is 1. The van der Waals surface area contributed by atoms with Crippen LogP contribution in [-0.4, -0.2) is 21.3 Å². The van der Waals surface area contributed by atoms with Gasteiger partial charge < -0.3 is 9.52 Å². The second-order valence-corrected chi connectivity index (χ2v) is 6.78. The number of hydrogen-bond donors (Lipinski definition) is 1. The highest BCUT2D eigenvalue weighted by molar-refractivity contribution is 7.99. The zero-order chi connectivity index (χ0) is 15.4. The summed E-state index contributed by atoms with van der Waals surface area (Å²) in [6, 6.07) is 7.27. The monoisotopic (exact) mass is 325 g/mol. The lowest BCUT2D eigenvalue weighted by Crippen LogP contribution is -1.97. The number of nitrogens with zero attached hydrogens (tertiary/aromatic N) is 1. The van der Waals surface area contributed by atoms with Crippen molar-refractivity contribution in [3.63, 3.8) is 0 Å². The molecule has 112 valence electrons. The van der Waals surface area contributed by atoms with Gasteiger partial charge >= 0.3 is 5.97 Å². The molecule has 1 aromatic carbocycles. The van der Waals surface area contributed by atoms with Gasteiger partial charge in [-0.15, -0.1) is 0 Å². The van der Waals surface area contributed by atoms with E-state index in [4.69, 9.17) is 21.1 Å². The number of carboxylic acid groups (broad SMARTS) is 1. The van der Waals surface area contributed by atoms with Crippen LogP contribution in [0.25, 0.3) is 11.3 Å². The van der Waals surface area contributed by atoms with Crippen LogP contribution in [0.3, 0.4) is 0 Å². The molecule has 1 heterocycles. The maximum Gasteiger partial charge on any atom is 0.303 e. The molecule has 0 radical (unpaired) electrons. The fourth-order valence-electron chi connectivity index (χ4n) is 1.81. The Morgan fingerprint density at radius 3 is 2.62 bits per heavy atom. The maximum atomic E-state index is 10.8. The quantitative estimate of drug-likeness (QED) is 0.791. The second kappa shape index (κ2) is 7.00. The minimum absolute atomic E-state index is 0.0154. The van der Waals surface area contributed by atoms with Crippen LogP contribution in [0.2, 0.25) is 5.02 Å². The second-order valence-electron chi connectivity index (χ2n) is 4.82. The van der Waals surface area contributed by atoms with Crippen LogP contribution in [0, 0.1) is 0 Å². The van der Waals surface area contributed by atoms with Gasteiger partial charge in [-0.25, -0.2) is 4.98 Å². The molecule has 0 fully saturated rings. The van der Waals surface area contributed by atoms with Crippen molar-refractivity contribution in [3.05, 3.63) is 35.0 Å². The van der Waals surface area contributed by atoms with Crippen molar-refractivity contribution in [2.75, 3.05) is 0 Å². The first-order chi connectivity index (χ1) is 9.95. The number of oxazole rings is 1. The smallest absolute Gasteiger partial charge is 0.303 e. The summed E-state index contributed by atoms with van der Waals surface area (Å²) in [6.45, 7) is 4.10. The highest BCUT2D eigenvalue weighted by atomic mass is 35.5. The average molecular weight is 326 g/mol. The van der Waals surface area contributed by atoms with E-state index in [0.29, 0.717) is 33.4 Å². The van der Waals surface area contributed by atoms with E-state index in [-0.39, 0.29) is 6.42 Å². The van der Waals surface area contributed by atoms with Crippen molar-refractivity contribution in [2.24, 2.45) is 0 Å². The van der Waals surface area contributed by atoms with Gasteiger partial charge in [0.2, 0.25) is 0 Å². The minimum Gasteiger partial charge on any atom is -0.481 e. The summed E-state index contributed by atoms with van der Waals surface area (Å²) in [6.07, 6.45) is 0.334. The fraction of sp³-hybridized carbons (Fsp3) is 0.333. The average Bonchev–Trinajstić information content (AvgIpc) is 2.79. The topological polar surface area (TPSA) is 63.3 Å². The van der Waals surface area contributed by atoms with Crippen molar-refractivity contribution >= 4 is 29.3 Å². The molecule has 0 bridgehead atoms. The van der Waals surface area contributed by atoms with E-state index in [1.165, 1.54) is 11.8 Å². The summed E-state index contributed by atoms with van der Waals surface area (Å²) in [4.78, 5) is 15.3. The Hall–Kier alpha value is -1.46. The van der Waals surface area contributed by atoms with Gasteiger partial charge in [-0.05, 0) is 12.1 Å². The number of benzene rings is 1. The molecular weight excluding hydrogens is 310 g/mol. The van der Waals surface area contributed by atoms with Gasteiger partial charge in [-0.2, -0.15) is 0 Å². The largest absolute Gasteiger partial charge is 0.481 e. The van der Waals surface area contributed by atoms with Gasteiger partial charge in [0.1, 0.15) is 11.5 Å². The third-order valence-corrected chi connectivity index (χ3v) is 3.80. The third-order valence-electron chi connectivity index (χ3n) is 2.70. The molecule has 6 heteroatoms. The van der Waals surface area contributed by atoms with E-state index < -0.39 is 5.97 Å². The van der Waals surface area contributed by atoms with Crippen molar-refractivity contribution in [3.8, 4) is 11.3 Å². The Morgan fingerprint density at radius 2 is 2.05 bits per heavy atom. The predicted octanol–water partition coefficient (Wildman–Crippen LogP) is 4.51. The Balaban J connectivity index is 2.33. The molecule has 0 aliphatic carbocycles. The molecule has 0 unspecified atom stereocenters. The zero-order valence-corrected chi connectivity index (χ0v) is 13.4. The standard InChI is InChI=1S/C15H16ClNO3S/c1-9(2)21-15-17-14(10-3-5-11(16)6-4-10)12(20-15)7-8-13(18)19/h3-6,9H,7-8H2,1-2H3,(H,18,19). The Kier molecular flexibility index (Phi) is 5.31. The molecule has 0 saturated heterocycles. The molecule has 0 aliphatic heterocycles. The summed E-state index contributed by atoms with van der Waals surface area (Å²) in [7, 11) is 0. The van der Waals surface area contributed by atoms with E-state index in [1.807, 2.05) is 26.0 Å². The molecular formula is C15H16ClNO3S. The Bertz CT molecular complexity index is 622. The first-order valence-corrected chi connectivity index (χ1v) is 7.85. The Labute approximate surface area is 132 Å². The number of hydrogen-bond acceptors (Lipinski definition) is 4. The molecule has 1 aromatic heterocycles. The van der Waals surface area contributed by atoms with Crippen LogP contribution in [0.5, 0.6) is 0 Å². The molecule has 2 rings (SSSR count). The summed E-state index contributed by atoms with van der Waals surface area (Å²) in [5.74, 6) is -0.255. The summed E-state index contributed by atoms with van der Waals surface area (Å²) >= 11 is 7.40. The lowest BCUT2D eigenvalue weighted by atomic mass is 10.1. The van der Waals surface area contributed by atoms with Crippen LogP contribution in [-0.2, 0) is 11.2 Å². The van der Waals surface area contributed by atoms with Crippen molar-refractivity contribution in [1.29, 1.82) is 0 Å². The molecule has 21 heavy (non-hydrogen) atoms. The van der Waals surface area contributed by atoms with E-state index in [2.05, 4.69) is 4.98 Å². The van der Waals surface area contributed by atoms with Crippen molar-refractivity contribution < 1.29 is 14.3 Å². The zero-order valence-electron chi connectivity index (χ0n) is 11.8. The summed E-state index contributed by atoms with van der Waals surface area (Å²) < 4.78 is 5.72. The lowest BCUT2D eigenvalue weighted by Gasteiger charge is -2.00. The van der Waals surface area contributed by atoms with Crippen molar-refractivity contribution in [2.45, 2.75) is 37.2 Å². The summed E-state index contributed by atoms with van der Waals surface area (Å²) in [5.41, 5.74) is 1.57. The van der Waals surface area contributed by atoms with Gasteiger partial charge in [0, 0.05) is 22.3 Å². The van der Waals surface area contributed by atoms with E-state index in [9.17, 15) is 4.79 Å². The molecule has 0 saturated carbocycles. The normalized spacial score (nSPS) is 11.0. The first-order valence-electron chi connectivity index (χ1n) is 6.60. The SMILES string of the molecule is CC(C)Sc1nc(-c2ccc(Cl)cc2)c(CCC(=O)O)o1. The fourth-order valence-corrected chi connectivity index (χ4v) is 2.63. The molecule has 1 N–H and O–H groups in total. The van der Waals surface area contributed by atoms with Crippen LogP contribution in [0.4, 0.5) is 0 Å². The highest BCUT2D eigenvalue weighted by Crippen LogP contribution is 2.31. The van der Waals surface area contributed by atoms with E-state index >= 15 is 0 Å². The molecule has 0 atom stereocenters. The minimum atomic E-state index is -0.855. The van der Waals surface area contributed by atoms with Gasteiger partial charge in [0.15, 0.2) is 0 Å². The number of aromatic nitrogens is 1. The van der Waals surface area contributed by atoms with Gasteiger partial charge in [0.25, 0.3) is 5.22 Å². The van der Waals surface area contributed by atoms with Crippen LogP contribution >= 0.6 is 23.4 Å². The third kappa shape index (κ3) is 4.51. The number of thioether (sulfide) groups is 1. The predicted molar refractivity (Wildman–Crippen MR) is 83.9 cm³/mol. The van der Waals surface area contributed by atoms with Gasteiger partial charge in [0.05, 0.1) is 6.42 Å². The molecule has 0 aliphatic rings. The van der Waals surface area contributed by atoms with Gasteiger partial charge in [-0.1, -0.05) is 49.3 Å². The van der Waals surface area contributed by atoms with Crippen molar-refractivity contribution in [1.82, 2.24) is 4.98 Å². The molecule has 0 spiro atoms. The van der Waals surface area contributed by atoms with Crippen LogP contribution < -0.4 is 0 Å². The number of aliphatic carboxylic acids is 1. The number of halogens is 1. The Morgan fingerprint density at radius 1 is 1.38 bits per heavy atom. The first kappa shape index (κ1) is 15.9. The maximum absolute atomic E-state index is 10.8. The van der Waals surface area contributed by atoms with Crippen LogP contribution in [0.1, 0.15) is 26.0 Å². The molecule has 0 amide bonds. The van der Waals surface area contributed by atoms with Crippen LogP contribution in [0.15, 0.2) is 33.9 Å². The lowest BCUT2D eigenvalue weighted by molar-refractivity contribution is -0.137. The van der Waals surface area contributed by atoms with Gasteiger partial charge in [-0.3, -0.25) is 4.79 Å². The number of aryl methyl sites for hydroxylation is 1. The molecule has 2 aromatic rings. The van der Waals surface area contributed by atoms with E-state index in [1.54, 1.807) is 12.1 Å². The number of rotatable bonds is 6. The number of carboxylic acids is 1.